The van der Waals surface area contributed by atoms with Crippen LogP contribution in [0.4, 0.5) is 0 Å². The first-order valence-corrected chi connectivity index (χ1v) is 6.79. The van der Waals surface area contributed by atoms with Gasteiger partial charge in [0.2, 0.25) is 0 Å². The lowest BCUT2D eigenvalue weighted by atomic mass is 10.2. The predicted octanol–water partition coefficient (Wildman–Crippen LogP) is 1.24. The monoisotopic (exact) mass is 271 g/mol. The third-order valence-corrected chi connectivity index (χ3v) is 3.46. The molecule has 6 heteroatoms. The SMILES string of the molecule is Cc1cc(C)nc(CNC(=O)c2n[nH]c3c2CCC3)n1. The maximum atomic E-state index is 12.2. The van der Waals surface area contributed by atoms with Crippen molar-refractivity contribution in [3.8, 4) is 0 Å². The van der Waals surface area contributed by atoms with E-state index in [1.54, 1.807) is 0 Å². The van der Waals surface area contributed by atoms with Gasteiger partial charge >= 0.3 is 0 Å². The third-order valence-electron chi connectivity index (χ3n) is 3.46. The summed E-state index contributed by atoms with van der Waals surface area (Å²) in [6.07, 6.45) is 2.99. The van der Waals surface area contributed by atoms with Gasteiger partial charge in [-0.15, -0.1) is 0 Å². The lowest BCUT2D eigenvalue weighted by Crippen LogP contribution is -2.25. The third kappa shape index (κ3) is 2.41. The molecule has 3 rings (SSSR count). The van der Waals surface area contributed by atoms with Crippen molar-refractivity contribution in [1.29, 1.82) is 0 Å². The van der Waals surface area contributed by atoms with Gasteiger partial charge in [-0.05, 0) is 39.2 Å². The molecule has 0 aliphatic heterocycles. The van der Waals surface area contributed by atoms with Gasteiger partial charge in [-0.3, -0.25) is 9.89 Å². The van der Waals surface area contributed by atoms with E-state index in [0.717, 1.165) is 41.9 Å². The molecule has 0 fully saturated rings. The van der Waals surface area contributed by atoms with Crippen LogP contribution in [0, 0.1) is 13.8 Å². The molecule has 0 bridgehead atoms. The first kappa shape index (κ1) is 12.8. The van der Waals surface area contributed by atoms with Crippen molar-refractivity contribution in [2.45, 2.75) is 39.7 Å². The second kappa shape index (κ2) is 5.03. The molecular weight excluding hydrogens is 254 g/mol. The summed E-state index contributed by atoms with van der Waals surface area (Å²) in [6.45, 7) is 4.16. The Labute approximate surface area is 117 Å². The maximum absolute atomic E-state index is 12.2. The van der Waals surface area contributed by atoms with Gasteiger partial charge in [0, 0.05) is 22.6 Å². The Balaban J connectivity index is 1.70. The topological polar surface area (TPSA) is 83.6 Å². The molecule has 104 valence electrons. The van der Waals surface area contributed by atoms with Crippen molar-refractivity contribution in [3.63, 3.8) is 0 Å². The largest absolute Gasteiger partial charge is 0.343 e. The Morgan fingerprint density at radius 3 is 2.80 bits per heavy atom. The van der Waals surface area contributed by atoms with Gasteiger partial charge in [-0.25, -0.2) is 9.97 Å². The van der Waals surface area contributed by atoms with Crippen LogP contribution in [0.5, 0.6) is 0 Å². The number of carbonyl (C=O) groups excluding carboxylic acids is 1. The summed E-state index contributed by atoms with van der Waals surface area (Å²) in [5.74, 6) is 0.468. The summed E-state index contributed by atoms with van der Waals surface area (Å²) in [5.41, 5.74) is 4.48. The molecular formula is C14H17N5O. The molecule has 1 aliphatic rings. The molecule has 0 saturated heterocycles. The fourth-order valence-electron chi connectivity index (χ4n) is 2.63. The number of aromatic amines is 1. The number of hydrogen-bond acceptors (Lipinski definition) is 4. The van der Waals surface area contributed by atoms with Crippen LogP contribution in [0.2, 0.25) is 0 Å². The highest BCUT2D eigenvalue weighted by atomic mass is 16.1. The highest BCUT2D eigenvalue weighted by Crippen LogP contribution is 2.22. The van der Waals surface area contributed by atoms with Gasteiger partial charge in [0.25, 0.3) is 5.91 Å². The molecule has 0 atom stereocenters. The van der Waals surface area contributed by atoms with Crippen molar-refractivity contribution in [3.05, 3.63) is 40.2 Å². The predicted molar refractivity (Wildman–Crippen MR) is 73.3 cm³/mol. The summed E-state index contributed by atoms with van der Waals surface area (Å²) in [7, 11) is 0. The Hall–Kier alpha value is -2.24. The smallest absolute Gasteiger partial charge is 0.272 e. The maximum Gasteiger partial charge on any atom is 0.272 e. The zero-order valence-corrected chi connectivity index (χ0v) is 11.7. The summed E-state index contributed by atoms with van der Waals surface area (Å²) >= 11 is 0. The van der Waals surface area contributed by atoms with Gasteiger partial charge in [-0.1, -0.05) is 0 Å². The minimum absolute atomic E-state index is 0.160. The van der Waals surface area contributed by atoms with E-state index in [2.05, 4.69) is 25.5 Å². The van der Waals surface area contributed by atoms with Gasteiger partial charge in [0.1, 0.15) is 5.82 Å². The van der Waals surface area contributed by atoms with E-state index in [1.807, 2.05) is 19.9 Å². The van der Waals surface area contributed by atoms with Crippen LogP contribution in [0.1, 0.15) is 45.4 Å². The number of hydrogen-bond donors (Lipinski definition) is 2. The van der Waals surface area contributed by atoms with Crippen LogP contribution >= 0.6 is 0 Å². The number of rotatable bonds is 3. The molecule has 2 aromatic heterocycles. The van der Waals surface area contributed by atoms with Gasteiger partial charge in [0.05, 0.1) is 6.54 Å². The zero-order valence-electron chi connectivity index (χ0n) is 11.7. The number of aromatic nitrogens is 4. The molecule has 6 nitrogen and oxygen atoms in total. The van der Waals surface area contributed by atoms with E-state index < -0.39 is 0 Å². The molecule has 0 radical (unpaired) electrons. The van der Waals surface area contributed by atoms with Crippen molar-refractivity contribution >= 4 is 5.91 Å². The Bertz CT molecular complexity index is 641. The van der Waals surface area contributed by atoms with Crippen LogP contribution in [0.15, 0.2) is 6.07 Å². The highest BCUT2D eigenvalue weighted by molar-refractivity contribution is 5.94. The minimum Gasteiger partial charge on any atom is -0.343 e. The van der Waals surface area contributed by atoms with Crippen molar-refractivity contribution in [2.24, 2.45) is 0 Å². The molecule has 0 unspecified atom stereocenters. The van der Waals surface area contributed by atoms with Gasteiger partial charge in [-0.2, -0.15) is 5.10 Å². The first-order chi connectivity index (χ1) is 9.63. The Morgan fingerprint density at radius 1 is 1.30 bits per heavy atom. The molecule has 2 aromatic rings. The fraction of sp³-hybridized carbons (Fsp3) is 0.429. The first-order valence-electron chi connectivity index (χ1n) is 6.79. The molecule has 2 heterocycles. The molecule has 2 N–H and O–H groups in total. The van der Waals surface area contributed by atoms with E-state index in [1.165, 1.54) is 0 Å². The molecule has 0 spiro atoms. The number of carbonyl (C=O) groups is 1. The number of fused-ring (bicyclic) bond motifs is 1. The summed E-state index contributed by atoms with van der Waals surface area (Å²) in [6, 6.07) is 1.91. The van der Waals surface area contributed by atoms with Crippen LogP contribution in [-0.4, -0.2) is 26.1 Å². The standard InChI is InChI=1S/C14H17N5O/c1-8-6-9(2)17-12(16-8)7-15-14(20)13-10-4-3-5-11(10)18-19-13/h6H,3-5,7H2,1-2H3,(H,15,20)(H,18,19). The molecule has 0 aromatic carbocycles. The number of nitrogens with zero attached hydrogens (tertiary/aromatic N) is 3. The molecule has 20 heavy (non-hydrogen) atoms. The highest BCUT2D eigenvalue weighted by Gasteiger charge is 2.22. The molecule has 1 amide bonds. The number of nitrogens with one attached hydrogen (secondary N) is 2. The summed E-state index contributed by atoms with van der Waals surface area (Å²) < 4.78 is 0. The number of H-pyrrole nitrogens is 1. The van der Waals surface area contributed by atoms with Crippen LogP contribution in [-0.2, 0) is 19.4 Å². The van der Waals surface area contributed by atoms with Crippen molar-refractivity contribution < 1.29 is 4.79 Å². The lowest BCUT2D eigenvalue weighted by Gasteiger charge is -2.05. The van der Waals surface area contributed by atoms with Gasteiger partial charge in [0.15, 0.2) is 5.69 Å². The summed E-state index contributed by atoms with van der Waals surface area (Å²) in [5, 5.41) is 9.89. The normalized spacial score (nSPS) is 13.3. The number of amides is 1. The van der Waals surface area contributed by atoms with E-state index in [4.69, 9.17) is 0 Å². The summed E-state index contributed by atoms with van der Waals surface area (Å²) in [4.78, 5) is 20.8. The Morgan fingerprint density at radius 2 is 2.05 bits per heavy atom. The second-order valence-electron chi connectivity index (χ2n) is 5.13. The van der Waals surface area contributed by atoms with Gasteiger partial charge < -0.3 is 5.32 Å². The average molecular weight is 271 g/mol. The van der Waals surface area contributed by atoms with E-state index in [0.29, 0.717) is 18.1 Å². The van der Waals surface area contributed by atoms with Crippen LogP contribution in [0.25, 0.3) is 0 Å². The van der Waals surface area contributed by atoms with E-state index in [-0.39, 0.29) is 5.91 Å². The quantitative estimate of drug-likeness (QED) is 0.879. The van der Waals surface area contributed by atoms with E-state index in [9.17, 15) is 4.79 Å². The van der Waals surface area contributed by atoms with Crippen molar-refractivity contribution in [1.82, 2.24) is 25.5 Å². The van der Waals surface area contributed by atoms with Crippen molar-refractivity contribution in [2.75, 3.05) is 0 Å². The second-order valence-corrected chi connectivity index (χ2v) is 5.13. The molecule has 0 saturated carbocycles. The minimum atomic E-state index is -0.160. The van der Waals surface area contributed by atoms with E-state index >= 15 is 0 Å². The zero-order chi connectivity index (χ0) is 14.1. The average Bonchev–Trinajstić information content (AvgIpc) is 2.96. The number of aryl methyl sites for hydroxylation is 3. The van der Waals surface area contributed by atoms with Crippen LogP contribution in [0.3, 0.4) is 0 Å². The van der Waals surface area contributed by atoms with Crippen LogP contribution < -0.4 is 5.32 Å². The lowest BCUT2D eigenvalue weighted by molar-refractivity contribution is 0.0944. The fourth-order valence-corrected chi connectivity index (χ4v) is 2.63. The molecule has 1 aliphatic carbocycles. The Kier molecular flexibility index (Phi) is 3.22.